The molecule has 0 saturated heterocycles. The molecule has 0 N–H and O–H groups in total. The van der Waals surface area contributed by atoms with Gasteiger partial charge in [-0.3, -0.25) is 4.98 Å². The minimum absolute atomic E-state index is 0.645. The van der Waals surface area contributed by atoms with Crippen molar-refractivity contribution in [2.24, 2.45) is 0 Å². The molecule has 3 aromatic carbocycles. The van der Waals surface area contributed by atoms with E-state index in [0.717, 1.165) is 27.8 Å². The van der Waals surface area contributed by atoms with Crippen LogP contribution in [0.15, 0.2) is 79.1 Å². The molecule has 0 aliphatic carbocycles. The molecule has 0 amide bonds. The number of nitrogens with zero attached hydrogens (tertiary/aromatic N) is 3. The third-order valence-electron chi connectivity index (χ3n) is 5.44. The molecule has 0 atom stereocenters. The summed E-state index contributed by atoms with van der Waals surface area (Å²) in [6.45, 7) is 4.24. The SMILES string of the molecule is Cc1ccc2c(c1)c1cc(C)ccc1n2-c1cc(C#N)ccc1-c1ccncc1. The van der Waals surface area contributed by atoms with Crippen LogP contribution in [0.5, 0.6) is 0 Å². The maximum atomic E-state index is 9.55. The molecule has 0 saturated carbocycles. The largest absolute Gasteiger partial charge is 0.309 e. The predicted octanol–water partition coefficient (Wildman–Crippen LogP) is 6.33. The lowest BCUT2D eigenvalue weighted by Crippen LogP contribution is -1.98. The highest BCUT2D eigenvalue weighted by molar-refractivity contribution is 6.10. The van der Waals surface area contributed by atoms with Crippen LogP contribution >= 0.6 is 0 Å². The van der Waals surface area contributed by atoms with Crippen LogP contribution in [0.2, 0.25) is 0 Å². The van der Waals surface area contributed by atoms with Gasteiger partial charge in [0.1, 0.15) is 0 Å². The van der Waals surface area contributed by atoms with Crippen LogP contribution in [0.4, 0.5) is 0 Å². The van der Waals surface area contributed by atoms with E-state index in [4.69, 9.17) is 0 Å². The number of hydrogen-bond acceptors (Lipinski definition) is 2. The summed E-state index contributed by atoms with van der Waals surface area (Å²) in [6, 6.07) is 25.3. The molecule has 3 nitrogen and oxygen atoms in total. The number of rotatable bonds is 2. The monoisotopic (exact) mass is 373 g/mol. The Hall–Kier alpha value is -3.90. The van der Waals surface area contributed by atoms with Gasteiger partial charge in [0.05, 0.1) is 28.4 Å². The highest BCUT2D eigenvalue weighted by atomic mass is 15.0. The standard InChI is InChI=1S/C26H19N3/c1-17-3-7-24-22(13-17)23-14-18(2)4-8-25(23)29(24)26-15-19(16-27)5-6-21(26)20-9-11-28-12-10-20/h3-15H,1-2H3. The Morgan fingerprint density at radius 3 is 1.97 bits per heavy atom. The van der Waals surface area contributed by atoms with Gasteiger partial charge in [-0.25, -0.2) is 0 Å². The molecule has 0 aliphatic rings. The average molecular weight is 373 g/mol. The lowest BCUT2D eigenvalue weighted by Gasteiger charge is -2.14. The van der Waals surface area contributed by atoms with Gasteiger partial charge < -0.3 is 4.57 Å². The van der Waals surface area contributed by atoms with Gasteiger partial charge in [0.25, 0.3) is 0 Å². The van der Waals surface area contributed by atoms with E-state index < -0.39 is 0 Å². The quantitative estimate of drug-likeness (QED) is 0.362. The Bertz CT molecular complexity index is 1360. The summed E-state index contributed by atoms with van der Waals surface area (Å²) >= 11 is 0. The molecule has 0 fully saturated rings. The fourth-order valence-electron chi connectivity index (χ4n) is 4.07. The predicted molar refractivity (Wildman–Crippen MR) is 118 cm³/mol. The van der Waals surface area contributed by atoms with Crippen molar-refractivity contribution in [1.29, 1.82) is 5.26 Å². The Balaban J connectivity index is 1.95. The molecule has 5 aromatic rings. The van der Waals surface area contributed by atoms with Gasteiger partial charge in [-0.15, -0.1) is 0 Å². The van der Waals surface area contributed by atoms with Crippen LogP contribution in [0.3, 0.4) is 0 Å². The van der Waals surface area contributed by atoms with Crippen molar-refractivity contribution in [3.8, 4) is 22.9 Å². The molecule has 5 rings (SSSR count). The van der Waals surface area contributed by atoms with Crippen LogP contribution in [-0.4, -0.2) is 9.55 Å². The number of benzene rings is 3. The number of hydrogen-bond donors (Lipinski definition) is 0. The summed E-state index contributed by atoms with van der Waals surface area (Å²) in [6.07, 6.45) is 3.60. The summed E-state index contributed by atoms with van der Waals surface area (Å²) in [7, 11) is 0. The maximum Gasteiger partial charge on any atom is 0.0992 e. The lowest BCUT2D eigenvalue weighted by molar-refractivity contribution is 1.17. The van der Waals surface area contributed by atoms with Crippen molar-refractivity contribution < 1.29 is 0 Å². The average Bonchev–Trinajstić information content (AvgIpc) is 3.06. The third-order valence-corrected chi connectivity index (χ3v) is 5.44. The summed E-state index contributed by atoms with van der Waals surface area (Å²) in [4.78, 5) is 4.16. The molecular weight excluding hydrogens is 354 g/mol. The second-order valence-electron chi connectivity index (χ2n) is 7.46. The molecule has 2 heterocycles. The first-order valence-electron chi connectivity index (χ1n) is 9.62. The minimum Gasteiger partial charge on any atom is -0.309 e. The van der Waals surface area contributed by atoms with Crippen molar-refractivity contribution in [2.75, 3.05) is 0 Å². The van der Waals surface area contributed by atoms with Crippen molar-refractivity contribution in [1.82, 2.24) is 9.55 Å². The van der Waals surface area contributed by atoms with Crippen LogP contribution in [0.25, 0.3) is 38.6 Å². The Morgan fingerprint density at radius 2 is 1.38 bits per heavy atom. The first kappa shape index (κ1) is 17.2. The highest BCUT2D eigenvalue weighted by Crippen LogP contribution is 2.37. The number of aryl methyl sites for hydroxylation is 2. The molecule has 2 aromatic heterocycles. The molecule has 0 bridgehead atoms. The van der Waals surface area contributed by atoms with E-state index in [1.165, 1.54) is 21.9 Å². The summed E-state index contributed by atoms with van der Waals surface area (Å²) < 4.78 is 2.28. The van der Waals surface area contributed by atoms with Gasteiger partial charge >= 0.3 is 0 Å². The van der Waals surface area contributed by atoms with Crippen molar-refractivity contribution >= 4 is 21.8 Å². The van der Waals surface area contributed by atoms with E-state index in [9.17, 15) is 5.26 Å². The molecular formula is C26H19N3. The molecule has 3 heteroatoms. The molecule has 0 unspecified atom stereocenters. The topological polar surface area (TPSA) is 41.6 Å². The summed E-state index contributed by atoms with van der Waals surface area (Å²) in [5.41, 5.74) is 8.55. The Kier molecular flexibility index (Phi) is 3.93. The Morgan fingerprint density at radius 1 is 0.759 bits per heavy atom. The van der Waals surface area contributed by atoms with E-state index in [2.05, 4.69) is 65.9 Å². The number of nitriles is 1. The smallest absolute Gasteiger partial charge is 0.0992 e. The zero-order valence-electron chi connectivity index (χ0n) is 16.3. The van der Waals surface area contributed by atoms with Gasteiger partial charge in [0.2, 0.25) is 0 Å². The molecule has 0 radical (unpaired) electrons. The Labute approximate surface area is 169 Å². The van der Waals surface area contributed by atoms with Gasteiger partial charge in [-0.05, 0) is 67.9 Å². The van der Waals surface area contributed by atoms with Crippen LogP contribution in [0, 0.1) is 25.2 Å². The molecule has 138 valence electrons. The molecule has 0 spiro atoms. The van der Waals surface area contributed by atoms with Crippen LogP contribution < -0.4 is 0 Å². The normalized spacial score (nSPS) is 11.1. The first-order chi connectivity index (χ1) is 14.2. The van der Waals surface area contributed by atoms with Crippen LogP contribution in [-0.2, 0) is 0 Å². The molecule has 29 heavy (non-hydrogen) atoms. The van der Waals surface area contributed by atoms with Gasteiger partial charge in [-0.1, -0.05) is 29.3 Å². The van der Waals surface area contributed by atoms with Gasteiger partial charge in [0, 0.05) is 28.7 Å². The van der Waals surface area contributed by atoms with Crippen molar-refractivity contribution in [2.45, 2.75) is 13.8 Å². The fraction of sp³-hybridized carbons (Fsp3) is 0.0769. The maximum absolute atomic E-state index is 9.55. The highest BCUT2D eigenvalue weighted by Gasteiger charge is 2.16. The fourth-order valence-corrected chi connectivity index (χ4v) is 4.07. The minimum atomic E-state index is 0.645. The van der Waals surface area contributed by atoms with E-state index >= 15 is 0 Å². The third kappa shape index (κ3) is 2.78. The van der Waals surface area contributed by atoms with Gasteiger partial charge in [0.15, 0.2) is 0 Å². The first-order valence-corrected chi connectivity index (χ1v) is 9.62. The van der Waals surface area contributed by atoms with E-state index in [-0.39, 0.29) is 0 Å². The number of pyridine rings is 1. The van der Waals surface area contributed by atoms with E-state index in [0.29, 0.717) is 5.56 Å². The molecule has 0 aliphatic heterocycles. The zero-order valence-corrected chi connectivity index (χ0v) is 16.3. The summed E-state index contributed by atoms with van der Waals surface area (Å²) in [5, 5.41) is 12.0. The summed E-state index contributed by atoms with van der Waals surface area (Å²) in [5.74, 6) is 0. The lowest BCUT2D eigenvalue weighted by atomic mass is 10.0. The number of aromatic nitrogens is 2. The van der Waals surface area contributed by atoms with Crippen molar-refractivity contribution in [3.05, 3.63) is 95.8 Å². The zero-order chi connectivity index (χ0) is 20.0. The number of fused-ring (bicyclic) bond motifs is 3. The second-order valence-corrected chi connectivity index (χ2v) is 7.46. The van der Waals surface area contributed by atoms with E-state index in [1.54, 1.807) is 12.4 Å². The van der Waals surface area contributed by atoms with Crippen molar-refractivity contribution in [3.63, 3.8) is 0 Å². The van der Waals surface area contributed by atoms with Gasteiger partial charge in [-0.2, -0.15) is 5.26 Å². The van der Waals surface area contributed by atoms with E-state index in [1.807, 2.05) is 30.3 Å². The van der Waals surface area contributed by atoms with Crippen LogP contribution in [0.1, 0.15) is 16.7 Å². The second kappa shape index (κ2) is 6.61.